The average molecular weight is 444 g/mol. The van der Waals surface area contributed by atoms with Crippen molar-refractivity contribution in [3.8, 4) is 0 Å². The van der Waals surface area contributed by atoms with Crippen LogP contribution >= 0.6 is 31.9 Å². The molecular formula is C16H16Br2N2O3. The van der Waals surface area contributed by atoms with Crippen LogP contribution in [0.1, 0.15) is 35.5 Å². The first-order valence-electron chi connectivity index (χ1n) is 7.08. The lowest BCUT2D eigenvalue weighted by Crippen LogP contribution is -2.38. The highest BCUT2D eigenvalue weighted by atomic mass is 79.9. The molecular weight excluding hydrogens is 428 g/mol. The van der Waals surface area contributed by atoms with E-state index in [0.717, 1.165) is 16.5 Å². The van der Waals surface area contributed by atoms with E-state index < -0.39 is 5.91 Å². The van der Waals surface area contributed by atoms with Crippen LogP contribution in [0.15, 0.2) is 50.0 Å². The lowest BCUT2D eigenvalue weighted by Gasteiger charge is -2.17. The molecule has 122 valence electrons. The van der Waals surface area contributed by atoms with Gasteiger partial charge in [-0.15, -0.1) is 0 Å². The Morgan fingerprint density at radius 2 is 1.83 bits per heavy atom. The molecule has 0 bridgehead atoms. The third-order valence-corrected chi connectivity index (χ3v) is 4.18. The quantitative estimate of drug-likeness (QED) is 0.713. The minimum Gasteiger partial charge on any atom is -0.444 e. The maximum Gasteiger partial charge on any atom is 0.287 e. The third-order valence-electron chi connectivity index (χ3n) is 3.22. The maximum atomic E-state index is 12.0. The van der Waals surface area contributed by atoms with E-state index in [1.54, 1.807) is 6.07 Å². The molecule has 1 heterocycles. The Labute approximate surface area is 151 Å². The highest BCUT2D eigenvalue weighted by Crippen LogP contribution is 2.19. The fourth-order valence-electron chi connectivity index (χ4n) is 2.05. The molecule has 0 aliphatic carbocycles. The van der Waals surface area contributed by atoms with E-state index in [9.17, 15) is 9.59 Å². The summed E-state index contributed by atoms with van der Waals surface area (Å²) in [5, 5.41) is 5.43. The van der Waals surface area contributed by atoms with E-state index in [-0.39, 0.29) is 24.3 Å². The van der Waals surface area contributed by atoms with Crippen LogP contribution in [-0.2, 0) is 4.79 Å². The summed E-state index contributed by atoms with van der Waals surface area (Å²) in [5.74, 6) is -0.522. The molecule has 0 fully saturated rings. The number of nitrogens with one attached hydrogen (secondary N) is 2. The van der Waals surface area contributed by atoms with Crippen molar-refractivity contribution in [2.45, 2.75) is 19.4 Å². The molecule has 0 saturated heterocycles. The monoisotopic (exact) mass is 442 g/mol. The first kappa shape index (κ1) is 17.7. The minimum atomic E-state index is -0.428. The highest BCUT2D eigenvalue weighted by Gasteiger charge is 2.15. The van der Waals surface area contributed by atoms with Crippen molar-refractivity contribution >= 4 is 43.7 Å². The zero-order chi connectivity index (χ0) is 16.8. The minimum absolute atomic E-state index is 0.0924. The molecule has 2 N–H and O–H groups in total. The lowest BCUT2D eigenvalue weighted by atomic mass is 10.0. The predicted molar refractivity (Wildman–Crippen MR) is 94.1 cm³/mol. The van der Waals surface area contributed by atoms with Gasteiger partial charge in [-0.25, -0.2) is 0 Å². The Hall–Kier alpha value is -1.60. The Balaban J connectivity index is 1.87. The van der Waals surface area contributed by atoms with Gasteiger partial charge in [0.05, 0.1) is 12.6 Å². The average Bonchev–Trinajstić information content (AvgIpc) is 2.98. The van der Waals surface area contributed by atoms with Crippen LogP contribution in [0.5, 0.6) is 0 Å². The number of hydrogen-bond donors (Lipinski definition) is 2. The molecule has 2 amide bonds. The molecule has 0 aliphatic heterocycles. The maximum absolute atomic E-state index is 12.0. The van der Waals surface area contributed by atoms with E-state index in [4.69, 9.17) is 4.42 Å². The summed E-state index contributed by atoms with van der Waals surface area (Å²) in [7, 11) is 0. The number of benzene rings is 1. The van der Waals surface area contributed by atoms with Crippen LogP contribution in [0.25, 0.3) is 0 Å². The molecule has 7 heteroatoms. The molecule has 1 unspecified atom stereocenters. The fraction of sp³-hybridized carbons (Fsp3) is 0.250. The van der Waals surface area contributed by atoms with E-state index in [2.05, 4.69) is 42.5 Å². The molecule has 1 atom stereocenters. The molecule has 5 nitrogen and oxygen atoms in total. The van der Waals surface area contributed by atoms with Gasteiger partial charge in [-0.2, -0.15) is 0 Å². The van der Waals surface area contributed by atoms with Crippen molar-refractivity contribution in [3.05, 3.63) is 56.9 Å². The lowest BCUT2D eigenvalue weighted by molar-refractivity contribution is -0.120. The van der Waals surface area contributed by atoms with Gasteiger partial charge < -0.3 is 15.1 Å². The molecule has 0 spiro atoms. The number of amides is 2. The largest absolute Gasteiger partial charge is 0.444 e. The topological polar surface area (TPSA) is 71.3 Å². The van der Waals surface area contributed by atoms with Gasteiger partial charge in [0, 0.05) is 4.47 Å². The van der Waals surface area contributed by atoms with E-state index in [1.165, 1.54) is 6.07 Å². The number of furan rings is 1. The van der Waals surface area contributed by atoms with Crippen LogP contribution in [-0.4, -0.2) is 18.4 Å². The standard InChI is InChI=1S/C16H16Br2N2O3/c1-2-12(10-3-5-11(17)6-4-10)20-15(21)9-19-16(22)13-7-8-14(18)23-13/h3-8,12H,2,9H2,1H3,(H,19,22)(H,20,21). The van der Waals surface area contributed by atoms with Gasteiger partial charge in [0.15, 0.2) is 10.4 Å². The van der Waals surface area contributed by atoms with Crippen LogP contribution in [0, 0.1) is 0 Å². The van der Waals surface area contributed by atoms with Gasteiger partial charge >= 0.3 is 0 Å². The fourth-order valence-corrected chi connectivity index (χ4v) is 2.62. The zero-order valence-corrected chi connectivity index (χ0v) is 15.6. The van der Waals surface area contributed by atoms with Gasteiger partial charge in [-0.3, -0.25) is 9.59 Å². The second kappa shape index (κ2) is 8.31. The van der Waals surface area contributed by atoms with Crippen LogP contribution in [0.4, 0.5) is 0 Å². The summed E-state index contributed by atoms with van der Waals surface area (Å²) in [6, 6.07) is 10.8. The van der Waals surface area contributed by atoms with Gasteiger partial charge in [-0.05, 0) is 52.2 Å². The van der Waals surface area contributed by atoms with Crippen LogP contribution in [0.2, 0.25) is 0 Å². The molecule has 0 radical (unpaired) electrons. The molecule has 2 aromatic rings. The zero-order valence-electron chi connectivity index (χ0n) is 12.4. The Kier molecular flexibility index (Phi) is 6.41. The first-order chi connectivity index (χ1) is 11.0. The second-order valence-corrected chi connectivity index (χ2v) is 6.56. The highest BCUT2D eigenvalue weighted by molar-refractivity contribution is 9.10. The van der Waals surface area contributed by atoms with Gasteiger partial charge in [0.1, 0.15) is 0 Å². The Morgan fingerprint density at radius 3 is 2.39 bits per heavy atom. The van der Waals surface area contributed by atoms with E-state index in [0.29, 0.717) is 4.67 Å². The summed E-state index contributed by atoms with van der Waals surface area (Å²) in [4.78, 5) is 23.8. The van der Waals surface area contributed by atoms with Crippen molar-refractivity contribution in [2.75, 3.05) is 6.54 Å². The van der Waals surface area contributed by atoms with E-state index >= 15 is 0 Å². The van der Waals surface area contributed by atoms with Crippen LogP contribution in [0.3, 0.4) is 0 Å². The summed E-state index contributed by atoms with van der Waals surface area (Å²) in [5.41, 5.74) is 1.02. The Bertz CT molecular complexity index is 683. The summed E-state index contributed by atoms with van der Waals surface area (Å²) in [6.07, 6.45) is 0.756. The molecule has 2 rings (SSSR count). The van der Waals surface area contributed by atoms with Crippen molar-refractivity contribution in [3.63, 3.8) is 0 Å². The summed E-state index contributed by atoms with van der Waals surface area (Å²) >= 11 is 6.51. The molecule has 23 heavy (non-hydrogen) atoms. The summed E-state index contributed by atoms with van der Waals surface area (Å²) in [6.45, 7) is 1.89. The smallest absolute Gasteiger partial charge is 0.287 e. The number of rotatable bonds is 6. The number of carbonyl (C=O) groups is 2. The van der Waals surface area contributed by atoms with Gasteiger partial charge in [0.2, 0.25) is 5.91 Å². The summed E-state index contributed by atoms with van der Waals surface area (Å²) < 4.78 is 6.58. The second-order valence-electron chi connectivity index (χ2n) is 4.87. The number of hydrogen-bond acceptors (Lipinski definition) is 3. The SMILES string of the molecule is CCC(NC(=O)CNC(=O)c1ccc(Br)o1)c1ccc(Br)cc1. The van der Waals surface area contributed by atoms with Gasteiger partial charge in [-0.1, -0.05) is 35.0 Å². The molecule has 1 aromatic heterocycles. The van der Waals surface area contributed by atoms with Crippen molar-refractivity contribution < 1.29 is 14.0 Å². The van der Waals surface area contributed by atoms with Crippen LogP contribution < -0.4 is 10.6 Å². The Morgan fingerprint density at radius 1 is 1.13 bits per heavy atom. The third kappa shape index (κ3) is 5.21. The number of carbonyl (C=O) groups excluding carboxylic acids is 2. The molecule has 1 aromatic carbocycles. The van der Waals surface area contributed by atoms with E-state index in [1.807, 2.05) is 31.2 Å². The first-order valence-corrected chi connectivity index (χ1v) is 8.66. The predicted octanol–water partition coefficient (Wildman–Crippen LogP) is 3.80. The van der Waals surface area contributed by atoms with Crippen molar-refractivity contribution in [2.24, 2.45) is 0 Å². The number of halogens is 2. The normalized spacial score (nSPS) is 11.8. The van der Waals surface area contributed by atoms with Crippen molar-refractivity contribution in [1.29, 1.82) is 0 Å². The molecule has 0 saturated carbocycles. The van der Waals surface area contributed by atoms with Crippen molar-refractivity contribution in [1.82, 2.24) is 10.6 Å². The molecule has 0 aliphatic rings. The van der Waals surface area contributed by atoms with Gasteiger partial charge in [0.25, 0.3) is 5.91 Å².